The van der Waals surface area contributed by atoms with Crippen molar-refractivity contribution >= 4 is 11.9 Å². The van der Waals surface area contributed by atoms with Crippen molar-refractivity contribution in [2.24, 2.45) is 16.7 Å². The van der Waals surface area contributed by atoms with Gasteiger partial charge in [-0.3, -0.25) is 9.78 Å². The first-order chi connectivity index (χ1) is 16.0. The van der Waals surface area contributed by atoms with Gasteiger partial charge in [0.05, 0.1) is 18.1 Å². The molecule has 1 aromatic heterocycles. The molecule has 8 heteroatoms. The molecule has 5 rings (SSSR count). The van der Waals surface area contributed by atoms with Gasteiger partial charge < -0.3 is 24.4 Å². The van der Waals surface area contributed by atoms with Crippen LogP contribution in [0.15, 0.2) is 36.2 Å². The number of aliphatic hydroxyl groups is 2. The van der Waals surface area contributed by atoms with Gasteiger partial charge in [0.15, 0.2) is 0 Å². The van der Waals surface area contributed by atoms with Crippen molar-refractivity contribution in [2.45, 2.75) is 82.9 Å². The lowest BCUT2D eigenvalue weighted by molar-refractivity contribution is -0.347. The van der Waals surface area contributed by atoms with Gasteiger partial charge in [0.1, 0.15) is 30.0 Å². The quantitative estimate of drug-likeness (QED) is 0.500. The first-order valence-corrected chi connectivity index (χ1v) is 12.0. The van der Waals surface area contributed by atoms with Gasteiger partial charge in [0.2, 0.25) is 0 Å². The lowest BCUT2D eigenvalue weighted by atomic mass is 9.42. The van der Waals surface area contributed by atoms with Crippen molar-refractivity contribution in [3.05, 3.63) is 41.7 Å². The Kier molecular flexibility index (Phi) is 5.24. The predicted molar refractivity (Wildman–Crippen MR) is 121 cm³/mol. The molecule has 1 aromatic rings. The summed E-state index contributed by atoms with van der Waals surface area (Å²) in [6, 6.07) is 3.35. The fraction of sp³-hybridized carbons (Fsp3) is 0.654. The molecule has 3 fully saturated rings. The lowest BCUT2D eigenvalue weighted by Crippen LogP contribution is -2.77. The van der Waals surface area contributed by atoms with Gasteiger partial charge >= 0.3 is 11.9 Å². The zero-order chi connectivity index (χ0) is 24.5. The van der Waals surface area contributed by atoms with Crippen molar-refractivity contribution in [3.63, 3.8) is 0 Å². The predicted octanol–water partition coefficient (Wildman–Crippen LogP) is 2.58. The molecule has 1 spiro atoms. The molecule has 0 bridgehead atoms. The zero-order valence-electron chi connectivity index (χ0n) is 20.1. The highest BCUT2D eigenvalue weighted by Gasteiger charge is 2.73. The molecular formula is C26H33NO7. The SMILES string of the molecule is CC1=CC[C@@H](OC(=O)c2cccnc2)[C@H]2[C@@]1(C)[C@@H](O)[C@H](O)[C@]1(C)O[C@@]3(CC[C@]21C)COC(=O)C3. The van der Waals surface area contributed by atoms with Crippen LogP contribution in [0.4, 0.5) is 0 Å². The number of ether oxygens (including phenoxy) is 3. The lowest BCUT2D eigenvalue weighted by Gasteiger charge is -2.69. The van der Waals surface area contributed by atoms with E-state index in [4.69, 9.17) is 14.2 Å². The van der Waals surface area contributed by atoms with Crippen molar-refractivity contribution in [1.82, 2.24) is 4.98 Å². The highest BCUT2D eigenvalue weighted by atomic mass is 16.6. The molecule has 1 saturated carbocycles. The number of fused-ring (bicyclic) bond motifs is 3. The maximum absolute atomic E-state index is 13.0. The summed E-state index contributed by atoms with van der Waals surface area (Å²) in [6.07, 6.45) is 4.00. The number of aliphatic hydroxyl groups excluding tert-OH is 2. The normalized spacial score (nSPS) is 45.7. The van der Waals surface area contributed by atoms with E-state index in [2.05, 4.69) is 11.9 Å². The Labute approximate surface area is 199 Å². The Bertz CT molecular complexity index is 1040. The molecule has 0 unspecified atom stereocenters. The third-order valence-corrected chi connectivity index (χ3v) is 9.47. The van der Waals surface area contributed by atoms with Crippen molar-refractivity contribution < 1.29 is 34.0 Å². The van der Waals surface area contributed by atoms with Gasteiger partial charge in [-0.1, -0.05) is 25.5 Å². The number of carbonyl (C=O) groups is 2. The molecule has 184 valence electrons. The summed E-state index contributed by atoms with van der Waals surface area (Å²) in [5.41, 5.74) is -2.17. The Hall–Kier alpha value is -2.29. The van der Waals surface area contributed by atoms with Gasteiger partial charge in [-0.15, -0.1) is 0 Å². The van der Waals surface area contributed by atoms with E-state index < -0.39 is 46.3 Å². The summed E-state index contributed by atoms with van der Waals surface area (Å²) in [4.78, 5) is 29.0. The average Bonchev–Trinajstić information content (AvgIpc) is 3.17. The van der Waals surface area contributed by atoms with Crippen LogP contribution in [0.5, 0.6) is 0 Å². The largest absolute Gasteiger partial charge is 0.463 e. The molecule has 8 nitrogen and oxygen atoms in total. The van der Waals surface area contributed by atoms with Crippen LogP contribution in [0.3, 0.4) is 0 Å². The Morgan fingerprint density at radius 2 is 1.97 bits per heavy atom. The van der Waals surface area contributed by atoms with Crippen LogP contribution in [-0.4, -0.2) is 63.3 Å². The van der Waals surface area contributed by atoms with Crippen LogP contribution in [0.1, 0.15) is 63.7 Å². The highest BCUT2D eigenvalue weighted by molar-refractivity contribution is 5.89. The van der Waals surface area contributed by atoms with Crippen LogP contribution in [-0.2, 0) is 19.0 Å². The van der Waals surface area contributed by atoms with E-state index >= 15 is 0 Å². The van der Waals surface area contributed by atoms with Crippen LogP contribution in [0, 0.1) is 16.7 Å². The maximum Gasteiger partial charge on any atom is 0.339 e. The molecule has 3 heterocycles. The second-order valence-electron chi connectivity index (χ2n) is 11.1. The minimum atomic E-state index is -1.21. The van der Waals surface area contributed by atoms with Crippen molar-refractivity contribution in [2.75, 3.05) is 6.61 Å². The van der Waals surface area contributed by atoms with E-state index in [9.17, 15) is 19.8 Å². The fourth-order valence-electron chi connectivity index (χ4n) is 7.22. The summed E-state index contributed by atoms with van der Waals surface area (Å²) >= 11 is 0. The summed E-state index contributed by atoms with van der Waals surface area (Å²) in [5, 5.41) is 23.1. The number of hydrogen-bond acceptors (Lipinski definition) is 8. The van der Waals surface area contributed by atoms with Crippen molar-refractivity contribution in [3.8, 4) is 0 Å². The molecule has 2 aliphatic carbocycles. The van der Waals surface area contributed by atoms with E-state index in [0.29, 0.717) is 24.8 Å². The third-order valence-electron chi connectivity index (χ3n) is 9.47. The van der Waals surface area contributed by atoms with E-state index in [1.165, 1.54) is 6.20 Å². The van der Waals surface area contributed by atoms with Crippen LogP contribution >= 0.6 is 0 Å². The van der Waals surface area contributed by atoms with Crippen LogP contribution < -0.4 is 0 Å². The highest BCUT2D eigenvalue weighted by Crippen LogP contribution is 2.67. The third kappa shape index (κ3) is 3.04. The van der Waals surface area contributed by atoms with E-state index in [1.54, 1.807) is 18.3 Å². The van der Waals surface area contributed by atoms with Crippen molar-refractivity contribution in [1.29, 1.82) is 0 Å². The molecule has 0 aromatic carbocycles. The van der Waals surface area contributed by atoms with E-state index in [1.807, 2.05) is 26.8 Å². The maximum atomic E-state index is 13.0. The monoisotopic (exact) mass is 471 g/mol. The summed E-state index contributed by atoms with van der Waals surface area (Å²) in [7, 11) is 0. The number of carbonyl (C=O) groups excluding carboxylic acids is 2. The number of cyclic esters (lactones) is 1. The molecular weight excluding hydrogens is 438 g/mol. The summed E-state index contributed by atoms with van der Waals surface area (Å²) in [5.74, 6) is -1.12. The number of pyridine rings is 1. The molecule has 34 heavy (non-hydrogen) atoms. The van der Waals surface area contributed by atoms with E-state index in [-0.39, 0.29) is 24.9 Å². The van der Waals surface area contributed by atoms with Gasteiger partial charge in [0, 0.05) is 35.6 Å². The van der Waals surface area contributed by atoms with Gasteiger partial charge in [-0.25, -0.2) is 4.79 Å². The second kappa shape index (κ2) is 7.60. The first-order valence-electron chi connectivity index (χ1n) is 12.0. The summed E-state index contributed by atoms with van der Waals surface area (Å²) < 4.78 is 18.0. The topological polar surface area (TPSA) is 115 Å². The summed E-state index contributed by atoms with van der Waals surface area (Å²) in [6.45, 7) is 7.92. The van der Waals surface area contributed by atoms with Crippen LogP contribution in [0.25, 0.3) is 0 Å². The zero-order valence-corrected chi connectivity index (χ0v) is 20.1. The molecule has 2 N–H and O–H groups in total. The minimum Gasteiger partial charge on any atom is -0.463 e. The number of hydrogen-bond donors (Lipinski definition) is 2. The Balaban J connectivity index is 1.57. The Morgan fingerprint density at radius 1 is 1.21 bits per heavy atom. The molecule has 8 atom stereocenters. The molecule has 0 amide bonds. The fourth-order valence-corrected chi connectivity index (χ4v) is 7.22. The number of nitrogens with zero attached hydrogens (tertiary/aromatic N) is 1. The minimum absolute atomic E-state index is 0.127. The standard InChI is InChI=1S/C26H33NO7/c1-15-7-8-17(33-22(31)16-6-5-11-27-13-16)19-23(2)9-10-26(12-18(28)32-14-26)34-25(23,4)21(30)20(29)24(15,19)3/h5-7,11,13,17,19-21,29-30H,8-10,12,14H2,1-4H3/t17-,19-,20+,21+,23-,24+,25+,26-/m1/s1. The Morgan fingerprint density at radius 3 is 2.62 bits per heavy atom. The second-order valence-corrected chi connectivity index (χ2v) is 11.1. The number of rotatable bonds is 2. The van der Waals surface area contributed by atoms with Gasteiger partial charge in [-0.05, 0) is 38.8 Å². The molecule has 4 aliphatic rings. The van der Waals surface area contributed by atoms with Crippen LogP contribution in [0.2, 0.25) is 0 Å². The smallest absolute Gasteiger partial charge is 0.339 e. The molecule has 2 saturated heterocycles. The number of esters is 2. The molecule has 2 aliphatic heterocycles. The number of aromatic nitrogens is 1. The van der Waals surface area contributed by atoms with Gasteiger partial charge in [0.25, 0.3) is 0 Å². The first kappa shape index (κ1) is 23.5. The molecule has 0 radical (unpaired) electrons. The average molecular weight is 472 g/mol. The van der Waals surface area contributed by atoms with E-state index in [0.717, 1.165) is 5.57 Å². The van der Waals surface area contributed by atoms with Gasteiger partial charge in [-0.2, -0.15) is 0 Å².